The molecule has 1 aromatic heterocycles. The molecule has 0 amide bonds. The number of hydrogen-bond donors (Lipinski definition) is 0. The largest absolute Gasteiger partial charge is 0.261 e. The van der Waals surface area contributed by atoms with Crippen LogP contribution in [-0.4, -0.2) is 17.5 Å². The van der Waals surface area contributed by atoms with Gasteiger partial charge in [-0.3, -0.25) is 4.98 Å². The van der Waals surface area contributed by atoms with Crippen LogP contribution in [0.2, 0.25) is 0 Å². The summed E-state index contributed by atoms with van der Waals surface area (Å²) in [4.78, 5) is 12.2. The smallest absolute Gasteiger partial charge is 0.0948 e. The van der Waals surface area contributed by atoms with E-state index in [0.29, 0.717) is 0 Å². The van der Waals surface area contributed by atoms with Gasteiger partial charge in [0.05, 0.1) is 11.7 Å². The third kappa shape index (κ3) is 3.50. The molecule has 0 N–H and O–H groups in total. The minimum absolute atomic E-state index is 0.719. The van der Waals surface area contributed by atoms with Gasteiger partial charge in [-0.25, -0.2) is 4.99 Å². The molecule has 0 atom stereocenters. The predicted molar refractivity (Wildman–Crippen MR) is 58.3 cm³/mol. The van der Waals surface area contributed by atoms with Crippen molar-refractivity contribution in [3.8, 4) is 0 Å². The second-order valence-corrected chi connectivity index (χ2v) is 2.94. The van der Waals surface area contributed by atoms with Crippen LogP contribution in [0.25, 0.3) is 0 Å². The maximum absolute atomic E-state index is 4.24. The van der Waals surface area contributed by atoms with Crippen LogP contribution in [0.5, 0.6) is 0 Å². The zero-order valence-electron chi connectivity index (χ0n) is 8.70. The highest BCUT2D eigenvalue weighted by atomic mass is 14.8. The Labute approximate surface area is 84.6 Å². The number of aliphatic imine (C=N–C) groups is 2. The standard InChI is InChI=1S/C11H15N3/c1-3-5-10-8-11(6-7-13-10)14-9-12-4-2/h6-8H,3-5H2,1-2H3. The second-order valence-electron chi connectivity index (χ2n) is 2.94. The van der Waals surface area contributed by atoms with Gasteiger partial charge in [0.25, 0.3) is 0 Å². The average Bonchev–Trinajstić information content (AvgIpc) is 2.19. The number of rotatable bonds is 4. The lowest BCUT2D eigenvalue weighted by atomic mass is 10.2. The van der Waals surface area contributed by atoms with Crippen molar-refractivity contribution in [2.75, 3.05) is 6.54 Å². The van der Waals surface area contributed by atoms with Gasteiger partial charge in [0.15, 0.2) is 0 Å². The summed E-state index contributed by atoms with van der Waals surface area (Å²) in [6.45, 7) is 4.81. The lowest BCUT2D eigenvalue weighted by Gasteiger charge is -1.96. The molecule has 1 heterocycles. The summed E-state index contributed by atoms with van der Waals surface area (Å²) in [6.07, 6.45) is 3.87. The molecule has 0 spiro atoms. The van der Waals surface area contributed by atoms with E-state index in [-0.39, 0.29) is 0 Å². The zero-order chi connectivity index (χ0) is 10.2. The van der Waals surface area contributed by atoms with Crippen LogP contribution in [0.4, 0.5) is 5.69 Å². The minimum Gasteiger partial charge on any atom is -0.261 e. The van der Waals surface area contributed by atoms with Gasteiger partial charge in [0.2, 0.25) is 0 Å². The summed E-state index contributed by atoms with van der Waals surface area (Å²) >= 11 is 0. The molecule has 74 valence electrons. The third-order valence-corrected chi connectivity index (χ3v) is 1.71. The monoisotopic (exact) mass is 189 g/mol. The summed E-state index contributed by atoms with van der Waals surface area (Å²) in [5.74, 6) is 0. The van der Waals surface area contributed by atoms with E-state index in [1.165, 1.54) is 0 Å². The third-order valence-electron chi connectivity index (χ3n) is 1.71. The summed E-state index contributed by atoms with van der Waals surface area (Å²) in [5, 5.41) is 0. The lowest BCUT2D eigenvalue weighted by molar-refractivity contribution is 0.883. The molecule has 1 rings (SSSR count). The van der Waals surface area contributed by atoms with Crippen LogP contribution in [0.15, 0.2) is 28.3 Å². The van der Waals surface area contributed by atoms with Crippen molar-refractivity contribution in [2.45, 2.75) is 26.7 Å². The molecule has 1 aromatic rings. The number of hydrogen-bond acceptors (Lipinski definition) is 3. The molecule has 0 unspecified atom stereocenters. The Morgan fingerprint density at radius 2 is 2.29 bits per heavy atom. The van der Waals surface area contributed by atoms with Crippen molar-refractivity contribution in [3.63, 3.8) is 0 Å². The maximum Gasteiger partial charge on any atom is 0.0948 e. The molecule has 0 radical (unpaired) electrons. The number of aromatic nitrogens is 1. The molecule has 0 fully saturated rings. The van der Waals surface area contributed by atoms with Crippen LogP contribution in [0.3, 0.4) is 0 Å². The van der Waals surface area contributed by atoms with Gasteiger partial charge in [-0.2, -0.15) is 4.99 Å². The van der Waals surface area contributed by atoms with Crippen LogP contribution < -0.4 is 0 Å². The summed E-state index contributed by atoms with van der Waals surface area (Å²) in [6, 6.07) is 6.48. The van der Waals surface area contributed by atoms with Crippen LogP contribution in [-0.2, 0) is 6.42 Å². The van der Waals surface area contributed by atoms with Crippen LogP contribution in [0.1, 0.15) is 26.0 Å². The highest BCUT2D eigenvalue weighted by Gasteiger charge is 1.93. The first-order valence-electron chi connectivity index (χ1n) is 4.94. The molecule has 0 aliphatic heterocycles. The second kappa shape index (κ2) is 6.06. The Morgan fingerprint density at radius 3 is 3.00 bits per heavy atom. The van der Waals surface area contributed by atoms with Gasteiger partial charge in [-0.1, -0.05) is 13.3 Å². The predicted octanol–water partition coefficient (Wildman–Crippen LogP) is 2.86. The first-order valence-corrected chi connectivity index (χ1v) is 4.94. The van der Waals surface area contributed by atoms with Crippen molar-refractivity contribution < 1.29 is 0 Å². The zero-order valence-corrected chi connectivity index (χ0v) is 8.70. The molecule has 14 heavy (non-hydrogen) atoms. The molecular weight excluding hydrogens is 174 g/mol. The van der Waals surface area contributed by atoms with Gasteiger partial charge in [0, 0.05) is 18.4 Å². The topological polar surface area (TPSA) is 37.6 Å². The van der Waals surface area contributed by atoms with Gasteiger partial charge in [-0.15, -0.1) is 0 Å². The molecule has 0 saturated carbocycles. The van der Waals surface area contributed by atoms with E-state index in [2.05, 4.69) is 27.9 Å². The fourth-order valence-corrected chi connectivity index (χ4v) is 1.09. The SMILES string of the molecule is CCCc1cc(N=C=NCC)ccn1. The number of pyridine rings is 1. The molecule has 3 nitrogen and oxygen atoms in total. The average molecular weight is 189 g/mol. The summed E-state index contributed by atoms with van der Waals surface area (Å²) < 4.78 is 0. The Balaban J connectivity index is 2.78. The summed E-state index contributed by atoms with van der Waals surface area (Å²) in [7, 11) is 0. The molecule has 0 aliphatic rings. The van der Waals surface area contributed by atoms with E-state index >= 15 is 0 Å². The quantitative estimate of drug-likeness (QED) is 0.671. The van der Waals surface area contributed by atoms with Crippen molar-refractivity contribution in [1.82, 2.24) is 4.98 Å². The molecule has 3 heteroatoms. The highest BCUT2D eigenvalue weighted by molar-refractivity contribution is 5.52. The van der Waals surface area contributed by atoms with Gasteiger partial charge in [0.1, 0.15) is 0 Å². The fourth-order valence-electron chi connectivity index (χ4n) is 1.09. The Hall–Kier alpha value is -1.47. The highest BCUT2D eigenvalue weighted by Crippen LogP contribution is 2.11. The minimum atomic E-state index is 0.719. The van der Waals surface area contributed by atoms with E-state index in [4.69, 9.17) is 0 Å². The molecular formula is C11H15N3. The Morgan fingerprint density at radius 1 is 1.43 bits per heavy atom. The van der Waals surface area contributed by atoms with Crippen molar-refractivity contribution >= 4 is 11.7 Å². The molecule has 0 aromatic carbocycles. The van der Waals surface area contributed by atoms with Gasteiger partial charge < -0.3 is 0 Å². The molecule has 0 bridgehead atoms. The van der Waals surface area contributed by atoms with E-state index < -0.39 is 0 Å². The number of nitrogens with zero attached hydrogens (tertiary/aromatic N) is 3. The van der Waals surface area contributed by atoms with Gasteiger partial charge in [-0.05, 0) is 25.5 Å². The van der Waals surface area contributed by atoms with Gasteiger partial charge >= 0.3 is 0 Å². The van der Waals surface area contributed by atoms with Crippen LogP contribution in [0, 0.1) is 0 Å². The van der Waals surface area contributed by atoms with Crippen molar-refractivity contribution in [2.24, 2.45) is 9.98 Å². The number of aryl methyl sites for hydroxylation is 1. The van der Waals surface area contributed by atoms with E-state index in [9.17, 15) is 0 Å². The summed E-state index contributed by atoms with van der Waals surface area (Å²) in [5.41, 5.74) is 1.95. The Bertz CT molecular complexity index is 338. The molecule has 0 saturated heterocycles. The van der Waals surface area contributed by atoms with E-state index in [1.54, 1.807) is 6.20 Å². The first-order chi connectivity index (χ1) is 6.86. The van der Waals surface area contributed by atoms with Crippen molar-refractivity contribution in [1.29, 1.82) is 0 Å². The lowest BCUT2D eigenvalue weighted by Crippen LogP contribution is -1.86. The fraction of sp³-hybridized carbons (Fsp3) is 0.455. The van der Waals surface area contributed by atoms with E-state index in [0.717, 1.165) is 30.8 Å². The van der Waals surface area contributed by atoms with Crippen molar-refractivity contribution in [3.05, 3.63) is 24.0 Å². The normalized spacial score (nSPS) is 9.29. The van der Waals surface area contributed by atoms with Crippen LogP contribution >= 0.6 is 0 Å². The Kier molecular flexibility index (Phi) is 4.59. The van der Waals surface area contributed by atoms with E-state index in [1.807, 2.05) is 19.1 Å². The maximum atomic E-state index is 4.24. The molecule has 0 aliphatic carbocycles. The first kappa shape index (κ1) is 10.6.